The molecule has 0 radical (unpaired) electrons. The summed E-state index contributed by atoms with van der Waals surface area (Å²) in [7, 11) is 1.86. The maximum Gasteiger partial charge on any atom is 0.239 e. The first kappa shape index (κ1) is 15.0. The van der Waals surface area contributed by atoms with Gasteiger partial charge in [0.25, 0.3) is 0 Å². The number of benzene rings is 1. The number of carbonyl (C=O) groups excluding carboxylic acids is 1. The molecular formula is C14H15N5OS2. The van der Waals surface area contributed by atoms with Gasteiger partial charge in [-0.15, -0.1) is 10.2 Å². The molecule has 0 N–H and O–H groups in total. The molecule has 0 aliphatic heterocycles. The van der Waals surface area contributed by atoms with Gasteiger partial charge in [0.15, 0.2) is 10.3 Å². The molecular weight excluding hydrogens is 318 g/mol. The standard InChI is InChI=1S/C14H15N5OS2/c1-3-19(12(20)8-21-14-17-15-9-18(14)2)13-16-10-6-4-5-7-11(10)22-13/h4-7,9H,3,8H2,1-2H3. The van der Waals surface area contributed by atoms with Gasteiger partial charge < -0.3 is 4.57 Å². The van der Waals surface area contributed by atoms with Crippen molar-refractivity contribution >= 4 is 44.4 Å². The molecule has 1 aromatic carbocycles. The third-order valence-electron chi connectivity index (χ3n) is 3.13. The molecule has 0 spiro atoms. The molecule has 0 aliphatic carbocycles. The van der Waals surface area contributed by atoms with E-state index in [0.717, 1.165) is 20.5 Å². The maximum atomic E-state index is 12.5. The first-order valence-electron chi connectivity index (χ1n) is 6.81. The van der Waals surface area contributed by atoms with Crippen molar-refractivity contribution in [3.63, 3.8) is 0 Å². The van der Waals surface area contributed by atoms with Crippen LogP contribution in [0.15, 0.2) is 35.7 Å². The first-order valence-corrected chi connectivity index (χ1v) is 8.62. The second-order valence-corrected chi connectivity index (χ2v) is 6.57. The summed E-state index contributed by atoms with van der Waals surface area (Å²) in [5.74, 6) is 0.339. The Balaban J connectivity index is 1.75. The molecule has 0 bridgehead atoms. The van der Waals surface area contributed by atoms with E-state index in [4.69, 9.17) is 0 Å². The Kier molecular flexibility index (Phi) is 4.39. The van der Waals surface area contributed by atoms with Crippen LogP contribution in [0.2, 0.25) is 0 Å². The Morgan fingerprint density at radius 3 is 2.91 bits per heavy atom. The van der Waals surface area contributed by atoms with Crippen LogP contribution < -0.4 is 4.90 Å². The van der Waals surface area contributed by atoms with Gasteiger partial charge in [-0.3, -0.25) is 9.69 Å². The highest BCUT2D eigenvalue weighted by atomic mass is 32.2. The van der Waals surface area contributed by atoms with E-state index in [1.807, 2.05) is 38.2 Å². The summed E-state index contributed by atoms with van der Waals surface area (Å²) in [6.45, 7) is 2.55. The summed E-state index contributed by atoms with van der Waals surface area (Å²) in [5, 5.41) is 9.25. The van der Waals surface area contributed by atoms with Crippen molar-refractivity contribution in [3.8, 4) is 0 Å². The topological polar surface area (TPSA) is 63.9 Å². The smallest absolute Gasteiger partial charge is 0.239 e. The molecule has 0 atom stereocenters. The monoisotopic (exact) mass is 333 g/mol. The fourth-order valence-corrected chi connectivity index (χ4v) is 3.81. The zero-order valence-electron chi connectivity index (χ0n) is 12.3. The second kappa shape index (κ2) is 6.45. The Morgan fingerprint density at radius 1 is 1.41 bits per heavy atom. The van der Waals surface area contributed by atoms with Crippen LogP contribution in [0.25, 0.3) is 10.2 Å². The van der Waals surface area contributed by atoms with Crippen LogP contribution in [-0.4, -0.2) is 38.0 Å². The van der Waals surface area contributed by atoms with Crippen molar-refractivity contribution in [1.82, 2.24) is 19.7 Å². The zero-order valence-corrected chi connectivity index (χ0v) is 13.9. The molecule has 0 unspecified atom stereocenters. The van der Waals surface area contributed by atoms with Crippen molar-refractivity contribution in [1.29, 1.82) is 0 Å². The summed E-state index contributed by atoms with van der Waals surface area (Å²) in [6, 6.07) is 7.91. The summed E-state index contributed by atoms with van der Waals surface area (Å²) in [5.41, 5.74) is 0.926. The lowest BCUT2D eigenvalue weighted by atomic mass is 10.3. The fraction of sp³-hybridized carbons (Fsp3) is 0.286. The lowest BCUT2D eigenvalue weighted by molar-refractivity contribution is -0.116. The van der Waals surface area contributed by atoms with Crippen LogP contribution in [-0.2, 0) is 11.8 Å². The minimum atomic E-state index is 0.0227. The highest BCUT2D eigenvalue weighted by Crippen LogP contribution is 2.29. The molecule has 0 saturated carbocycles. The average molecular weight is 333 g/mol. The molecule has 3 aromatic rings. The van der Waals surface area contributed by atoms with Gasteiger partial charge in [0, 0.05) is 13.6 Å². The predicted octanol–water partition coefficient (Wildman–Crippen LogP) is 2.57. The molecule has 114 valence electrons. The molecule has 2 heterocycles. The minimum Gasteiger partial charge on any atom is -0.312 e. The fourth-order valence-electron chi connectivity index (χ4n) is 2.00. The number of aryl methyl sites for hydroxylation is 1. The van der Waals surface area contributed by atoms with Crippen LogP contribution in [0.5, 0.6) is 0 Å². The number of anilines is 1. The van der Waals surface area contributed by atoms with Crippen LogP contribution in [0.1, 0.15) is 6.92 Å². The van der Waals surface area contributed by atoms with E-state index < -0.39 is 0 Å². The van der Waals surface area contributed by atoms with Gasteiger partial charge >= 0.3 is 0 Å². The van der Waals surface area contributed by atoms with E-state index in [0.29, 0.717) is 12.3 Å². The van der Waals surface area contributed by atoms with E-state index in [2.05, 4.69) is 15.2 Å². The third kappa shape index (κ3) is 2.97. The van der Waals surface area contributed by atoms with E-state index >= 15 is 0 Å². The van der Waals surface area contributed by atoms with Crippen LogP contribution in [0.3, 0.4) is 0 Å². The van der Waals surface area contributed by atoms with Gasteiger partial charge in [-0.1, -0.05) is 35.2 Å². The Morgan fingerprint density at radius 2 is 2.23 bits per heavy atom. The highest BCUT2D eigenvalue weighted by Gasteiger charge is 2.18. The van der Waals surface area contributed by atoms with Gasteiger partial charge in [0.1, 0.15) is 6.33 Å². The number of fused-ring (bicyclic) bond motifs is 1. The number of para-hydroxylation sites is 1. The number of thioether (sulfide) groups is 1. The van der Waals surface area contributed by atoms with Crippen molar-refractivity contribution in [3.05, 3.63) is 30.6 Å². The molecule has 0 aliphatic rings. The Bertz CT molecular complexity index is 764. The van der Waals surface area contributed by atoms with Crippen molar-refractivity contribution in [2.75, 3.05) is 17.2 Å². The number of hydrogen-bond acceptors (Lipinski definition) is 6. The lowest BCUT2D eigenvalue weighted by Gasteiger charge is -2.17. The van der Waals surface area contributed by atoms with E-state index in [1.54, 1.807) is 15.8 Å². The van der Waals surface area contributed by atoms with Gasteiger partial charge in [0.2, 0.25) is 5.91 Å². The van der Waals surface area contributed by atoms with Gasteiger partial charge in [-0.2, -0.15) is 0 Å². The molecule has 1 amide bonds. The normalized spacial score (nSPS) is 11.0. The molecule has 22 heavy (non-hydrogen) atoms. The number of rotatable bonds is 5. The van der Waals surface area contributed by atoms with Crippen molar-refractivity contribution in [2.24, 2.45) is 7.05 Å². The molecule has 0 saturated heterocycles. The SMILES string of the molecule is CCN(C(=O)CSc1nncn1C)c1nc2ccccc2s1. The first-order chi connectivity index (χ1) is 10.7. The average Bonchev–Trinajstić information content (AvgIpc) is 3.11. The summed E-state index contributed by atoms with van der Waals surface area (Å²) < 4.78 is 2.89. The number of aromatic nitrogens is 4. The number of thiazole rings is 1. The Labute approximate surface area is 136 Å². The Hall–Kier alpha value is -1.93. The third-order valence-corrected chi connectivity index (χ3v) is 5.20. The zero-order chi connectivity index (χ0) is 15.5. The second-order valence-electron chi connectivity index (χ2n) is 4.62. The molecule has 3 rings (SSSR count). The molecule has 2 aromatic heterocycles. The van der Waals surface area contributed by atoms with E-state index in [1.165, 1.54) is 23.1 Å². The number of amides is 1. The van der Waals surface area contributed by atoms with Crippen molar-refractivity contribution in [2.45, 2.75) is 12.1 Å². The van der Waals surface area contributed by atoms with Gasteiger partial charge in [-0.05, 0) is 19.1 Å². The largest absolute Gasteiger partial charge is 0.312 e. The summed E-state index contributed by atoms with van der Waals surface area (Å²) >= 11 is 2.92. The maximum absolute atomic E-state index is 12.5. The van der Waals surface area contributed by atoms with Crippen LogP contribution in [0.4, 0.5) is 5.13 Å². The lowest BCUT2D eigenvalue weighted by Crippen LogP contribution is -2.32. The van der Waals surface area contributed by atoms with E-state index in [-0.39, 0.29) is 5.91 Å². The van der Waals surface area contributed by atoms with Crippen LogP contribution >= 0.6 is 23.1 Å². The molecule has 6 nitrogen and oxygen atoms in total. The number of nitrogens with zero attached hydrogens (tertiary/aromatic N) is 5. The number of hydrogen-bond donors (Lipinski definition) is 0. The highest BCUT2D eigenvalue weighted by molar-refractivity contribution is 7.99. The number of carbonyl (C=O) groups is 1. The predicted molar refractivity (Wildman–Crippen MR) is 89.4 cm³/mol. The van der Waals surface area contributed by atoms with E-state index in [9.17, 15) is 4.79 Å². The molecule has 8 heteroatoms. The van der Waals surface area contributed by atoms with Crippen LogP contribution in [0, 0.1) is 0 Å². The summed E-state index contributed by atoms with van der Waals surface area (Å²) in [6.07, 6.45) is 1.62. The minimum absolute atomic E-state index is 0.0227. The quantitative estimate of drug-likeness (QED) is 0.672. The van der Waals surface area contributed by atoms with Gasteiger partial charge in [-0.25, -0.2) is 4.98 Å². The van der Waals surface area contributed by atoms with Crippen molar-refractivity contribution < 1.29 is 4.79 Å². The van der Waals surface area contributed by atoms with Gasteiger partial charge in [0.05, 0.1) is 16.0 Å². The summed E-state index contributed by atoms with van der Waals surface area (Å²) in [4.78, 5) is 18.7. The molecule has 0 fully saturated rings.